The number of ether oxygens (including phenoxy) is 1. The van der Waals surface area contributed by atoms with Crippen LogP contribution in [0.3, 0.4) is 0 Å². The maximum atomic E-state index is 13.9. The highest BCUT2D eigenvalue weighted by molar-refractivity contribution is 5.87. The van der Waals surface area contributed by atoms with E-state index >= 15 is 0 Å². The van der Waals surface area contributed by atoms with Crippen molar-refractivity contribution in [3.05, 3.63) is 89.5 Å². The van der Waals surface area contributed by atoms with Crippen LogP contribution in [0.2, 0.25) is 0 Å². The predicted octanol–water partition coefficient (Wildman–Crippen LogP) is 4.65. The molecule has 0 amide bonds. The smallest absolute Gasteiger partial charge is 0.382 e. The van der Waals surface area contributed by atoms with E-state index in [1.807, 2.05) is 12.0 Å². The molecule has 0 bridgehead atoms. The molecule has 27 heavy (non-hydrogen) atoms. The average molecular weight is 364 g/mol. The van der Waals surface area contributed by atoms with Crippen molar-refractivity contribution in [3.8, 4) is 28.7 Å². The highest BCUT2D eigenvalue weighted by Gasteiger charge is 2.07. The van der Waals surface area contributed by atoms with Crippen molar-refractivity contribution in [1.29, 1.82) is 0 Å². The Balaban J connectivity index is 1.71. The minimum absolute atomic E-state index is 0.193. The Morgan fingerprint density at radius 3 is 2.52 bits per heavy atom. The van der Waals surface area contributed by atoms with Gasteiger partial charge in [-0.1, -0.05) is 24.1 Å². The van der Waals surface area contributed by atoms with Crippen LogP contribution >= 0.6 is 0 Å². The van der Waals surface area contributed by atoms with Gasteiger partial charge in [-0.25, -0.2) is 13.6 Å². The van der Waals surface area contributed by atoms with Gasteiger partial charge in [0.2, 0.25) is 0 Å². The molecule has 3 aromatic rings. The maximum absolute atomic E-state index is 13.9. The zero-order chi connectivity index (χ0) is 19.2. The molecule has 0 aliphatic rings. The summed E-state index contributed by atoms with van der Waals surface area (Å²) in [6.07, 6.45) is 0. The molecule has 0 atom stereocenters. The quantitative estimate of drug-likeness (QED) is 0.686. The summed E-state index contributed by atoms with van der Waals surface area (Å²) in [4.78, 5) is 10.4. The van der Waals surface area contributed by atoms with Crippen molar-refractivity contribution < 1.29 is 23.4 Å². The van der Waals surface area contributed by atoms with Gasteiger partial charge in [0.1, 0.15) is 24.0 Å². The van der Waals surface area contributed by atoms with Gasteiger partial charge in [-0.2, -0.15) is 0 Å². The van der Waals surface area contributed by atoms with E-state index in [0.717, 1.165) is 23.8 Å². The van der Waals surface area contributed by atoms with Gasteiger partial charge in [-0.3, -0.25) is 0 Å². The Kier molecular flexibility index (Phi) is 5.48. The van der Waals surface area contributed by atoms with Crippen LogP contribution in [0.25, 0.3) is 11.1 Å². The van der Waals surface area contributed by atoms with E-state index in [0.29, 0.717) is 16.9 Å². The maximum Gasteiger partial charge on any atom is 0.382 e. The number of carbonyl (C=O) groups is 1. The van der Waals surface area contributed by atoms with Crippen molar-refractivity contribution in [2.24, 2.45) is 0 Å². The van der Waals surface area contributed by atoms with Crippen LogP contribution in [0.1, 0.15) is 11.1 Å². The fourth-order valence-electron chi connectivity index (χ4n) is 2.47. The van der Waals surface area contributed by atoms with Gasteiger partial charge in [0.05, 0.1) is 0 Å². The van der Waals surface area contributed by atoms with Crippen molar-refractivity contribution in [2.45, 2.75) is 6.61 Å². The number of aliphatic carboxylic acids is 1. The monoisotopic (exact) mass is 364 g/mol. The second kappa shape index (κ2) is 8.15. The summed E-state index contributed by atoms with van der Waals surface area (Å²) < 4.78 is 33.0. The molecule has 0 fully saturated rings. The Bertz CT molecular complexity index is 1030. The second-order valence-electron chi connectivity index (χ2n) is 5.69. The fourth-order valence-corrected chi connectivity index (χ4v) is 2.47. The molecule has 0 saturated carbocycles. The summed E-state index contributed by atoms with van der Waals surface area (Å²) in [5, 5.41) is 8.53. The highest BCUT2D eigenvalue weighted by Crippen LogP contribution is 2.25. The largest absolute Gasteiger partial charge is 0.489 e. The lowest BCUT2D eigenvalue weighted by atomic mass is 10.0. The Morgan fingerprint density at radius 2 is 1.78 bits per heavy atom. The molecule has 0 saturated heterocycles. The summed E-state index contributed by atoms with van der Waals surface area (Å²) in [7, 11) is 0. The number of hydrogen-bond donors (Lipinski definition) is 1. The van der Waals surface area contributed by atoms with Gasteiger partial charge in [0.25, 0.3) is 0 Å². The Hall–Kier alpha value is -3.65. The molecule has 1 N–H and O–H groups in total. The minimum Gasteiger partial charge on any atom is -0.489 e. The molecule has 0 radical (unpaired) electrons. The number of rotatable bonds is 4. The van der Waals surface area contributed by atoms with Crippen molar-refractivity contribution in [3.63, 3.8) is 0 Å². The van der Waals surface area contributed by atoms with Crippen molar-refractivity contribution >= 4 is 5.97 Å². The molecule has 3 rings (SSSR count). The van der Waals surface area contributed by atoms with Crippen molar-refractivity contribution in [1.82, 2.24) is 0 Å². The second-order valence-corrected chi connectivity index (χ2v) is 5.69. The third-order valence-corrected chi connectivity index (χ3v) is 3.74. The Labute approximate surface area is 154 Å². The predicted molar refractivity (Wildman–Crippen MR) is 97.1 cm³/mol. The van der Waals surface area contributed by atoms with E-state index in [1.54, 1.807) is 42.5 Å². The molecular formula is C22H14F2O3. The first-order chi connectivity index (χ1) is 13.0. The van der Waals surface area contributed by atoms with Gasteiger partial charge < -0.3 is 9.84 Å². The number of benzene rings is 3. The molecule has 0 spiro atoms. The topological polar surface area (TPSA) is 46.5 Å². The van der Waals surface area contributed by atoms with Crippen LogP contribution < -0.4 is 4.74 Å². The van der Waals surface area contributed by atoms with Crippen molar-refractivity contribution in [2.75, 3.05) is 0 Å². The van der Waals surface area contributed by atoms with Crippen LogP contribution in [0.5, 0.6) is 5.75 Å². The third kappa shape index (κ3) is 4.93. The van der Waals surface area contributed by atoms with E-state index in [-0.39, 0.29) is 12.2 Å². The van der Waals surface area contributed by atoms with Crippen LogP contribution in [0.4, 0.5) is 8.78 Å². The summed E-state index contributed by atoms with van der Waals surface area (Å²) in [6.45, 7) is 0.241. The molecular weight excluding hydrogens is 350 g/mol. The lowest BCUT2D eigenvalue weighted by Crippen LogP contribution is -1.96. The zero-order valence-electron chi connectivity index (χ0n) is 14.1. The first-order valence-corrected chi connectivity index (χ1v) is 8.03. The molecule has 0 aliphatic carbocycles. The highest BCUT2D eigenvalue weighted by atomic mass is 19.1. The number of hydrogen-bond acceptors (Lipinski definition) is 2. The van der Waals surface area contributed by atoms with Gasteiger partial charge >= 0.3 is 5.97 Å². The molecule has 0 heterocycles. The normalized spacial score (nSPS) is 10.0. The molecule has 3 nitrogen and oxygen atoms in total. The van der Waals surface area contributed by atoms with Gasteiger partial charge in [0, 0.05) is 17.0 Å². The zero-order valence-corrected chi connectivity index (χ0v) is 14.1. The first kappa shape index (κ1) is 18.2. The lowest BCUT2D eigenvalue weighted by molar-refractivity contribution is -0.130. The molecule has 134 valence electrons. The summed E-state index contributed by atoms with van der Waals surface area (Å²) in [6, 6.07) is 17.0. The number of carboxylic acid groups (broad SMARTS) is 1. The summed E-state index contributed by atoms with van der Waals surface area (Å²) >= 11 is 0. The van der Waals surface area contributed by atoms with E-state index < -0.39 is 17.6 Å². The molecule has 5 heteroatoms. The van der Waals surface area contributed by atoms with E-state index in [1.165, 1.54) is 0 Å². The van der Waals surface area contributed by atoms with Gasteiger partial charge in [-0.15, -0.1) is 0 Å². The van der Waals surface area contributed by atoms with Gasteiger partial charge in [-0.05, 0) is 59.7 Å². The first-order valence-electron chi connectivity index (χ1n) is 8.03. The molecule has 0 unspecified atom stereocenters. The fraction of sp³-hybridized carbons (Fsp3) is 0.0455. The number of halogens is 2. The number of carboxylic acids is 1. The van der Waals surface area contributed by atoms with Gasteiger partial charge in [0.15, 0.2) is 0 Å². The minimum atomic E-state index is -1.19. The lowest BCUT2D eigenvalue weighted by Gasteiger charge is -2.09. The third-order valence-electron chi connectivity index (χ3n) is 3.74. The standard InChI is InChI=1S/C22H14F2O3/c23-18-7-10-21(24)20(13-18)17-3-1-2-16(12-17)14-27-19-8-4-15(5-9-19)6-11-22(25)26/h1-5,7-10,12-13H,14H2,(H,25,26). The Morgan fingerprint density at radius 1 is 1.00 bits per heavy atom. The molecule has 0 aliphatic heterocycles. The summed E-state index contributed by atoms with van der Waals surface area (Å²) in [5.41, 5.74) is 2.12. The van der Waals surface area contributed by atoms with E-state index in [9.17, 15) is 13.6 Å². The SMILES string of the molecule is O=C(O)C#Cc1ccc(OCc2cccc(-c3cc(F)ccc3F)c2)cc1. The van der Waals surface area contributed by atoms with Crippen LogP contribution in [-0.2, 0) is 11.4 Å². The summed E-state index contributed by atoms with van der Waals surface area (Å²) in [5.74, 6) is 2.95. The molecule has 0 aromatic heterocycles. The molecule has 3 aromatic carbocycles. The van der Waals surface area contributed by atoms with E-state index in [2.05, 4.69) is 5.92 Å². The van der Waals surface area contributed by atoms with Crippen LogP contribution in [0.15, 0.2) is 66.7 Å². The van der Waals surface area contributed by atoms with Crippen LogP contribution in [0, 0.1) is 23.5 Å². The average Bonchev–Trinajstić information content (AvgIpc) is 2.67. The van der Waals surface area contributed by atoms with Crippen LogP contribution in [-0.4, -0.2) is 11.1 Å². The van der Waals surface area contributed by atoms with E-state index in [4.69, 9.17) is 9.84 Å².